The second kappa shape index (κ2) is 8.30. The third-order valence-corrected chi connectivity index (χ3v) is 3.87. The van der Waals surface area contributed by atoms with Gasteiger partial charge in [-0.2, -0.15) is 5.10 Å². The summed E-state index contributed by atoms with van der Waals surface area (Å²) < 4.78 is 20.1. The zero-order valence-corrected chi connectivity index (χ0v) is 15.8. The molecule has 0 aliphatic rings. The van der Waals surface area contributed by atoms with Crippen molar-refractivity contribution in [3.8, 4) is 5.69 Å². The highest BCUT2D eigenvalue weighted by molar-refractivity contribution is 5.97. The molecule has 1 aromatic carbocycles. The number of carboxylic acids is 1. The van der Waals surface area contributed by atoms with E-state index in [0.717, 1.165) is 0 Å². The van der Waals surface area contributed by atoms with Gasteiger partial charge in [-0.3, -0.25) is 4.79 Å². The van der Waals surface area contributed by atoms with E-state index in [4.69, 9.17) is 4.74 Å². The van der Waals surface area contributed by atoms with Crippen LogP contribution in [0.3, 0.4) is 0 Å². The van der Waals surface area contributed by atoms with Gasteiger partial charge in [0.2, 0.25) is 0 Å². The first-order chi connectivity index (χ1) is 12.6. The van der Waals surface area contributed by atoms with Crippen molar-refractivity contribution in [3.05, 3.63) is 47.5 Å². The highest BCUT2D eigenvalue weighted by atomic mass is 19.1. The Morgan fingerprint density at radius 2 is 1.93 bits per heavy atom. The van der Waals surface area contributed by atoms with Crippen molar-refractivity contribution in [2.24, 2.45) is 0 Å². The smallest absolute Gasteiger partial charge is 0.326 e. The Hall–Kier alpha value is -2.74. The fourth-order valence-electron chi connectivity index (χ4n) is 2.45. The maximum Gasteiger partial charge on any atom is 0.326 e. The van der Waals surface area contributed by atoms with Crippen LogP contribution in [0.25, 0.3) is 5.69 Å². The van der Waals surface area contributed by atoms with Crippen molar-refractivity contribution in [2.75, 3.05) is 6.61 Å². The fraction of sp³-hybridized carbons (Fsp3) is 0.421. The van der Waals surface area contributed by atoms with Crippen LogP contribution in [0.2, 0.25) is 0 Å². The summed E-state index contributed by atoms with van der Waals surface area (Å²) >= 11 is 0. The molecular weight excluding hydrogens is 353 g/mol. The summed E-state index contributed by atoms with van der Waals surface area (Å²) in [4.78, 5) is 23.9. The molecule has 0 fully saturated rings. The molecule has 0 spiro atoms. The standard InChI is InChI=1S/C19H24FN3O4/c1-12-15(11-21-23(12)14-7-5-13(20)6-8-14)17(24)22-16(18(25)26)9-10-27-19(2,3)4/h5-8,11,16H,9-10H2,1-4H3,(H,22,24)(H,25,26). The van der Waals surface area contributed by atoms with Crippen LogP contribution in [-0.2, 0) is 9.53 Å². The van der Waals surface area contributed by atoms with Gasteiger partial charge in [-0.05, 0) is 52.0 Å². The first kappa shape index (κ1) is 20.6. The summed E-state index contributed by atoms with van der Waals surface area (Å²) in [5.41, 5.74) is 0.984. The molecule has 0 bridgehead atoms. The highest BCUT2D eigenvalue weighted by Crippen LogP contribution is 2.15. The van der Waals surface area contributed by atoms with Crippen molar-refractivity contribution >= 4 is 11.9 Å². The minimum atomic E-state index is -1.13. The number of benzene rings is 1. The third kappa shape index (κ3) is 5.62. The molecule has 0 radical (unpaired) electrons. The average molecular weight is 377 g/mol. The van der Waals surface area contributed by atoms with Crippen molar-refractivity contribution < 1.29 is 23.8 Å². The second-order valence-corrected chi connectivity index (χ2v) is 7.15. The van der Waals surface area contributed by atoms with E-state index in [1.54, 1.807) is 19.1 Å². The first-order valence-corrected chi connectivity index (χ1v) is 8.56. The summed E-state index contributed by atoms with van der Waals surface area (Å²) in [7, 11) is 0. The van der Waals surface area contributed by atoms with Crippen LogP contribution in [0.15, 0.2) is 30.5 Å². The molecule has 1 atom stereocenters. The summed E-state index contributed by atoms with van der Waals surface area (Å²) in [6.07, 6.45) is 1.50. The maximum absolute atomic E-state index is 13.1. The van der Waals surface area contributed by atoms with Crippen LogP contribution in [0.5, 0.6) is 0 Å². The molecule has 1 heterocycles. The van der Waals surface area contributed by atoms with E-state index in [1.165, 1.54) is 23.0 Å². The lowest BCUT2D eigenvalue weighted by Crippen LogP contribution is -2.42. The Labute approximate surface area is 157 Å². The number of nitrogens with one attached hydrogen (secondary N) is 1. The SMILES string of the molecule is Cc1c(C(=O)NC(CCOC(C)(C)C)C(=O)O)cnn1-c1ccc(F)cc1. The minimum absolute atomic E-state index is 0.142. The van der Waals surface area contributed by atoms with Gasteiger partial charge in [-0.1, -0.05) is 0 Å². The molecule has 1 unspecified atom stereocenters. The molecule has 0 aliphatic carbocycles. The van der Waals surface area contributed by atoms with Gasteiger partial charge in [0.15, 0.2) is 0 Å². The monoisotopic (exact) mass is 377 g/mol. The lowest BCUT2D eigenvalue weighted by molar-refractivity contribution is -0.140. The number of aliphatic carboxylic acids is 1. The Balaban J connectivity index is 2.10. The Morgan fingerprint density at radius 1 is 1.30 bits per heavy atom. The topological polar surface area (TPSA) is 93.4 Å². The van der Waals surface area contributed by atoms with Gasteiger partial charge >= 0.3 is 5.97 Å². The van der Waals surface area contributed by atoms with E-state index in [0.29, 0.717) is 11.4 Å². The number of nitrogens with zero attached hydrogens (tertiary/aromatic N) is 2. The molecule has 0 saturated carbocycles. The minimum Gasteiger partial charge on any atom is -0.480 e. The number of carboxylic acid groups (broad SMARTS) is 1. The van der Waals surface area contributed by atoms with Crippen molar-refractivity contribution in [1.82, 2.24) is 15.1 Å². The lowest BCUT2D eigenvalue weighted by atomic mass is 10.1. The fourth-order valence-corrected chi connectivity index (χ4v) is 2.45. The Bertz CT molecular complexity index is 809. The van der Waals surface area contributed by atoms with Gasteiger partial charge in [0.25, 0.3) is 5.91 Å². The van der Waals surface area contributed by atoms with Gasteiger partial charge in [0.1, 0.15) is 11.9 Å². The normalized spacial score (nSPS) is 12.6. The molecule has 27 heavy (non-hydrogen) atoms. The molecule has 0 saturated heterocycles. The van der Waals surface area contributed by atoms with Crippen molar-refractivity contribution in [2.45, 2.75) is 45.8 Å². The van der Waals surface area contributed by atoms with Crippen LogP contribution in [-0.4, -0.2) is 45.0 Å². The highest BCUT2D eigenvalue weighted by Gasteiger charge is 2.24. The van der Waals surface area contributed by atoms with Crippen LogP contribution >= 0.6 is 0 Å². The van der Waals surface area contributed by atoms with Crippen LogP contribution < -0.4 is 5.32 Å². The molecule has 7 nitrogen and oxygen atoms in total. The molecule has 2 aromatic rings. The van der Waals surface area contributed by atoms with Crippen LogP contribution in [0.4, 0.5) is 4.39 Å². The van der Waals surface area contributed by atoms with Crippen LogP contribution in [0.1, 0.15) is 43.2 Å². The quantitative estimate of drug-likeness (QED) is 0.774. The molecule has 1 amide bonds. The number of hydrogen-bond acceptors (Lipinski definition) is 4. The predicted molar refractivity (Wildman–Crippen MR) is 97.5 cm³/mol. The third-order valence-electron chi connectivity index (χ3n) is 3.87. The number of amides is 1. The number of rotatable bonds is 7. The van der Waals surface area contributed by atoms with Crippen LogP contribution in [0, 0.1) is 12.7 Å². The first-order valence-electron chi connectivity index (χ1n) is 8.56. The number of halogens is 1. The predicted octanol–water partition coefficient (Wildman–Crippen LogP) is 2.71. The van der Waals surface area contributed by atoms with Gasteiger partial charge in [0, 0.05) is 13.0 Å². The average Bonchev–Trinajstić information content (AvgIpc) is 2.95. The van der Waals surface area contributed by atoms with Crippen molar-refractivity contribution in [1.29, 1.82) is 0 Å². The number of carbonyl (C=O) groups is 2. The summed E-state index contributed by atoms with van der Waals surface area (Å²) in [6, 6.07) is 4.60. The van der Waals surface area contributed by atoms with E-state index < -0.39 is 17.9 Å². The maximum atomic E-state index is 13.1. The largest absolute Gasteiger partial charge is 0.480 e. The zero-order valence-electron chi connectivity index (χ0n) is 15.8. The number of hydrogen-bond donors (Lipinski definition) is 2. The summed E-state index contributed by atoms with van der Waals surface area (Å²) in [5, 5.41) is 16.0. The van der Waals surface area contributed by atoms with Gasteiger partial charge in [-0.25, -0.2) is 13.9 Å². The number of ether oxygens (including phenoxy) is 1. The summed E-state index contributed by atoms with van der Waals surface area (Å²) in [6.45, 7) is 7.50. The van der Waals surface area contributed by atoms with Gasteiger partial charge < -0.3 is 15.2 Å². The molecule has 146 valence electrons. The Kier molecular flexibility index (Phi) is 6.32. The molecule has 2 rings (SSSR count). The van der Waals surface area contributed by atoms with Gasteiger partial charge in [-0.15, -0.1) is 0 Å². The summed E-state index contributed by atoms with van der Waals surface area (Å²) in [5.74, 6) is -2.04. The molecule has 1 aromatic heterocycles. The van der Waals surface area contributed by atoms with E-state index in [2.05, 4.69) is 10.4 Å². The second-order valence-electron chi connectivity index (χ2n) is 7.15. The molecule has 8 heteroatoms. The Morgan fingerprint density at radius 3 is 2.48 bits per heavy atom. The number of carbonyl (C=O) groups excluding carboxylic acids is 1. The van der Waals surface area contributed by atoms with E-state index in [1.807, 2.05) is 20.8 Å². The molecule has 0 aliphatic heterocycles. The van der Waals surface area contributed by atoms with Gasteiger partial charge in [0.05, 0.1) is 28.7 Å². The van der Waals surface area contributed by atoms with E-state index in [9.17, 15) is 19.1 Å². The zero-order chi connectivity index (χ0) is 20.2. The lowest BCUT2D eigenvalue weighted by Gasteiger charge is -2.21. The molecular formula is C19H24FN3O4. The van der Waals surface area contributed by atoms with E-state index >= 15 is 0 Å². The molecule has 2 N–H and O–H groups in total. The number of aromatic nitrogens is 2. The van der Waals surface area contributed by atoms with E-state index in [-0.39, 0.29) is 30.0 Å². The van der Waals surface area contributed by atoms with Crippen molar-refractivity contribution in [3.63, 3.8) is 0 Å².